The zero-order chi connectivity index (χ0) is 15.5. The number of benzene rings is 1. The van der Waals surface area contributed by atoms with E-state index in [0.29, 0.717) is 16.9 Å². The van der Waals surface area contributed by atoms with Crippen molar-refractivity contribution in [2.75, 3.05) is 5.73 Å². The molecule has 0 aliphatic carbocycles. The monoisotopic (exact) mass is 311 g/mol. The van der Waals surface area contributed by atoms with Crippen LogP contribution >= 0.6 is 0 Å². The molecule has 0 atom stereocenters. The molecule has 1 aromatic heterocycles. The number of nitrogens with one attached hydrogen (secondary N) is 2. The van der Waals surface area contributed by atoms with Crippen LogP contribution in [0, 0.1) is 10.1 Å². The van der Waals surface area contributed by atoms with Crippen LogP contribution in [-0.2, 0) is 22.3 Å². The lowest BCUT2D eigenvalue weighted by Gasteiger charge is -2.06. The van der Waals surface area contributed by atoms with Gasteiger partial charge in [-0.15, -0.1) is 0 Å². The summed E-state index contributed by atoms with van der Waals surface area (Å²) in [5, 5.41) is 16.7. The van der Waals surface area contributed by atoms with Crippen LogP contribution < -0.4 is 10.5 Å². The summed E-state index contributed by atoms with van der Waals surface area (Å²) < 4.78 is 26.2. The van der Waals surface area contributed by atoms with Crippen molar-refractivity contribution in [2.45, 2.75) is 12.3 Å². The Morgan fingerprint density at radius 3 is 2.52 bits per heavy atom. The molecule has 0 fully saturated rings. The zero-order valence-corrected chi connectivity index (χ0v) is 11.6. The molecule has 0 aliphatic rings. The van der Waals surface area contributed by atoms with E-state index in [-0.39, 0.29) is 18.0 Å². The molecular formula is C11H13N5O4S. The van der Waals surface area contributed by atoms with Crippen LogP contribution in [0.25, 0.3) is 0 Å². The van der Waals surface area contributed by atoms with Crippen molar-refractivity contribution >= 4 is 21.5 Å². The number of rotatable bonds is 6. The van der Waals surface area contributed by atoms with Gasteiger partial charge in [0.25, 0.3) is 5.69 Å². The first-order chi connectivity index (χ1) is 9.87. The molecule has 9 nitrogen and oxygen atoms in total. The van der Waals surface area contributed by atoms with Gasteiger partial charge in [-0.3, -0.25) is 15.2 Å². The van der Waals surface area contributed by atoms with Gasteiger partial charge in [0.1, 0.15) is 5.82 Å². The van der Waals surface area contributed by atoms with Crippen molar-refractivity contribution in [1.29, 1.82) is 0 Å². The number of nitrogens with two attached hydrogens (primary N) is 1. The fourth-order valence-electron chi connectivity index (χ4n) is 1.63. The molecule has 0 amide bonds. The average Bonchev–Trinajstić information content (AvgIpc) is 2.82. The summed E-state index contributed by atoms with van der Waals surface area (Å²) in [4.78, 5) is 9.97. The Labute approximate surface area is 120 Å². The van der Waals surface area contributed by atoms with E-state index >= 15 is 0 Å². The minimum Gasteiger partial charge on any atom is -0.384 e. The first-order valence-corrected chi connectivity index (χ1v) is 7.51. The van der Waals surface area contributed by atoms with Crippen molar-refractivity contribution in [1.82, 2.24) is 14.9 Å². The zero-order valence-electron chi connectivity index (χ0n) is 10.8. The number of hydrogen-bond acceptors (Lipinski definition) is 6. The van der Waals surface area contributed by atoms with Gasteiger partial charge in [-0.2, -0.15) is 5.10 Å². The van der Waals surface area contributed by atoms with Crippen molar-refractivity contribution in [3.8, 4) is 0 Å². The van der Waals surface area contributed by atoms with E-state index in [0.717, 1.165) is 0 Å². The molecule has 0 spiro atoms. The second kappa shape index (κ2) is 5.89. The standard InChI is InChI=1S/C11H13N5O4S/c12-11-9(5-13-15-11)6-14-21(19,20)7-8-1-3-10(4-2-8)16(17)18/h1-5,14H,6-7H2,(H3,12,13,15). The van der Waals surface area contributed by atoms with Crippen LogP contribution in [0.1, 0.15) is 11.1 Å². The molecule has 0 radical (unpaired) electrons. The van der Waals surface area contributed by atoms with Crippen LogP contribution in [0.5, 0.6) is 0 Å². The van der Waals surface area contributed by atoms with E-state index in [1.54, 1.807) is 0 Å². The maximum Gasteiger partial charge on any atom is 0.269 e. The van der Waals surface area contributed by atoms with Gasteiger partial charge in [0, 0.05) is 24.2 Å². The molecule has 0 saturated heterocycles. The highest BCUT2D eigenvalue weighted by atomic mass is 32.2. The summed E-state index contributed by atoms with van der Waals surface area (Å²) in [6.07, 6.45) is 1.43. The summed E-state index contributed by atoms with van der Waals surface area (Å²) in [5.41, 5.74) is 6.46. The third-order valence-corrected chi connectivity index (χ3v) is 4.04. The molecule has 0 saturated carbocycles. The lowest BCUT2D eigenvalue weighted by Crippen LogP contribution is -2.24. The van der Waals surface area contributed by atoms with Crippen LogP contribution in [-0.4, -0.2) is 23.5 Å². The van der Waals surface area contributed by atoms with Gasteiger partial charge >= 0.3 is 0 Å². The predicted octanol–water partition coefficient (Wildman–Crippen LogP) is 0.520. The van der Waals surface area contributed by atoms with E-state index in [9.17, 15) is 18.5 Å². The van der Waals surface area contributed by atoms with E-state index in [2.05, 4.69) is 14.9 Å². The molecule has 112 valence electrons. The van der Waals surface area contributed by atoms with Gasteiger partial charge in [-0.05, 0) is 5.56 Å². The van der Waals surface area contributed by atoms with Crippen molar-refractivity contribution < 1.29 is 13.3 Å². The second-order valence-corrected chi connectivity index (χ2v) is 6.12. The lowest BCUT2D eigenvalue weighted by molar-refractivity contribution is -0.384. The van der Waals surface area contributed by atoms with E-state index < -0.39 is 14.9 Å². The molecule has 1 aromatic carbocycles. The number of hydrogen-bond donors (Lipinski definition) is 3. The van der Waals surface area contributed by atoms with Crippen LogP contribution in [0.3, 0.4) is 0 Å². The second-order valence-electron chi connectivity index (χ2n) is 4.31. The quantitative estimate of drug-likeness (QED) is 0.524. The molecule has 2 aromatic rings. The van der Waals surface area contributed by atoms with Crippen LogP contribution in [0.4, 0.5) is 11.5 Å². The fourth-order valence-corrected chi connectivity index (χ4v) is 2.74. The van der Waals surface area contributed by atoms with Crippen molar-refractivity contribution in [3.05, 3.63) is 51.7 Å². The molecule has 21 heavy (non-hydrogen) atoms. The smallest absolute Gasteiger partial charge is 0.269 e. The molecule has 1 heterocycles. The molecule has 10 heteroatoms. The van der Waals surface area contributed by atoms with Crippen LogP contribution in [0.2, 0.25) is 0 Å². The summed E-state index contributed by atoms with van der Waals surface area (Å²) in [6.45, 7) is 0.0254. The van der Waals surface area contributed by atoms with Crippen molar-refractivity contribution in [2.24, 2.45) is 0 Å². The normalized spacial score (nSPS) is 11.4. The molecule has 0 bridgehead atoms. The Balaban J connectivity index is 2.00. The molecule has 0 unspecified atom stereocenters. The predicted molar refractivity (Wildman–Crippen MR) is 75.6 cm³/mol. The van der Waals surface area contributed by atoms with Gasteiger partial charge in [0.2, 0.25) is 10.0 Å². The first-order valence-electron chi connectivity index (χ1n) is 5.86. The number of nitrogens with zero attached hydrogens (tertiary/aromatic N) is 2. The van der Waals surface area contributed by atoms with Crippen LogP contribution in [0.15, 0.2) is 30.5 Å². The molecule has 4 N–H and O–H groups in total. The lowest BCUT2D eigenvalue weighted by atomic mass is 10.2. The van der Waals surface area contributed by atoms with Gasteiger partial charge in [-0.25, -0.2) is 13.1 Å². The Bertz CT molecular complexity index is 738. The molecule has 2 rings (SSSR count). The van der Waals surface area contributed by atoms with E-state index in [1.165, 1.54) is 30.5 Å². The highest BCUT2D eigenvalue weighted by Gasteiger charge is 2.14. The molecular weight excluding hydrogens is 298 g/mol. The minimum atomic E-state index is -3.58. The number of H-pyrrole nitrogens is 1. The number of non-ortho nitro benzene ring substituents is 1. The average molecular weight is 311 g/mol. The Hall–Kier alpha value is -2.46. The Kier molecular flexibility index (Phi) is 4.19. The van der Waals surface area contributed by atoms with Gasteiger partial charge < -0.3 is 5.73 Å². The third-order valence-electron chi connectivity index (χ3n) is 2.74. The Morgan fingerprint density at radius 2 is 2.00 bits per heavy atom. The first kappa shape index (κ1) is 14.9. The fraction of sp³-hybridized carbons (Fsp3) is 0.182. The summed E-state index contributed by atoms with van der Waals surface area (Å²) >= 11 is 0. The van der Waals surface area contributed by atoms with E-state index in [4.69, 9.17) is 5.73 Å². The maximum absolute atomic E-state index is 11.9. The highest BCUT2D eigenvalue weighted by Crippen LogP contribution is 2.14. The Morgan fingerprint density at radius 1 is 1.33 bits per heavy atom. The summed E-state index contributed by atoms with van der Waals surface area (Å²) in [6, 6.07) is 5.34. The minimum absolute atomic E-state index is 0.0254. The number of aromatic nitrogens is 2. The summed E-state index contributed by atoms with van der Waals surface area (Å²) in [5.74, 6) is 0.0241. The van der Waals surface area contributed by atoms with Crippen molar-refractivity contribution in [3.63, 3.8) is 0 Å². The van der Waals surface area contributed by atoms with Gasteiger partial charge in [0.05, 0.1) is 16.9 Å². The molecule has 0 aliphatic heterocycles. The van der Waals surface area contributed by atoms with E-state index in [1.807, 2.05) is 0 Å². The van der Waals surface area contributed by atoms with Gasteiger partial charge in [0.15, 0.2) is 0 Å². The van der Waals surface area contributed by atoms with Gasteiger partial charge in [-0.1, -0.05) is 12.1 Å². The summed E-state index contributed by atoms with van der Waals surface area (Å²) in [7, 11) is -3.58. The number of nitro benzene ring substituents is 1. The maximum atomic E-state index is 11.9. The number of nitrogen functional groups attached to an aromatic ring is 1. The third kappa shape index (κ3) is 4.00. The largest absolute Gasteiger partial charge is 0.384 e. The SMILES string of the molecule is Nc1[nH]ncc1CNS(=O)(=O)Cc1ccc([N+](=O)[O-])cc1. The highest BCUT2D eigenvalue weighted by molar-refractivity contribution is 7.88. The number of nitro groups is 1. The topological polar surface area (TPSA) is 144 Å². The number of sulfonamides is 1. The number of aromatic amines is 1. The number of anilines is 1.